The molecule has 0 aliphatic carbocycles. The van der Waals surface area contributed by atoms with Gasteiger partial charge < -0.3 is 18.9 Å². The first-order valence-electron chi connectivity index (χ1n) is 6.41. The Balaban J connectivity index is 1.71. The molecule has 0 N–H and O–H groups in total. The first-order valence-corrected chi connectivity index (χ1v) is 6.41. The molecule has 0 spiro atoms. The van der Waals surface area contributed by atoms with Crippen LogP contribution >= 0.6 is 0 Å². The average molecular weight is 266 g/mol. The van der Waals surface area contributed by atoms with E-state index in [1.165, 1.54) is 0 Å². The molecule has 1 aliphatic heterocycles. The van der Waals surface area contributed by atoms with Crippen LogP contribution in [0, 0.1) is 0 Å². The molecule has 19 heavy (non-hydrogen) atoms. The summed E-state index contributed by atoms with van der Waals surface area (Å²) < 4.78 is 20.8. The quantitative estimate of drug-likeness (QED) is 0.560. The van der Waals surface area contributed by atoms with Crippen molar-refractivity contribution < 1.29 is 23.7 Å². The normalized spacial score (nSPS) is 12.5. The fourth-order valence-corrected chi connectivity index (χ4v) is 1.73. The van der Waals surface area contributed by atoms with E-state index in [0.717, 1.165) is 11.3 Å². The topological polar surface area (TPSA) is 54.0 Å². The standard InChI is InChI=1S/C14H18O5/c1-2-16-7-3-4-14(15)17-9-11-5-6-12-13(8-11)19-10-18-12/h5-6,8H,2-4,7,9-10H2,1H3. The zero-order chi connectivity index (χ0) is 13.5. The Kier molecular flexibility index (Phi) is 5.03. The van der Waals surface area contributed by atoms with Crippen molar-refractivity contribution >= 4 is 5.97 Å². The molecule has 0 aromatic heterocycles. The minimum atomic E-state index is -0.211. The van der Waals surface area contributed by atoms with E-state index in [2.05, 4.69) is 0 Å². The molecule has 0 radical (unpaired) electrons. The zero-order valence-corrected chi connectivity index (χ0v) is 11.0. The Morgan fingerprint density at radius 2 is 2.16 bits per heavy atom. The van der Waals surface area contributed by atoms with Crippen LogP contribution in [0.1, 0.15) is 25.3 Å². The lowest BCUT2D eigenvalue weighted by molar-refractivity contribution is -0.145. The number of hydrogen-bond acceptors (Lipinski definition) is 5. The molecule has 1 aliphatic rings. The van der Waals surface area contributed by atoms with Crippen LogP contribution in [0.3, 0.4) is 0 Å². The Labute approximate surface area is 112 Å². The van der Waals surface area contributed by atoms with Gasteiger partial charge in [0.15, 0.2) is 11.5 Å². The second kappa shape index (κ2) is 6.99. The largest absolute Gasteiger partial charge is 0.461 e. The first kappa shape index (κ1) is 13.7. The van der Waals surface area contributed by atoms with Crippen LogP contribution in [-0.4, -0.2) is 26.0 Å². The van der Waals surface area contributed by atoms with E-state index >= 15 is 0 Å². The number of ether oxygens (including phenoxy) is 4. The lowest BCUT2D eigenvalue weighted by Gasteiger charge is -2.06. The van der Waals surface area contributed by atoms with Crippen molar-refractivity contribution in [3.05, 3.63) is 23.8 Å². The number of hydrogen-bond donors (Lipinski definition) is 0. The summed E-state index contributed by atoms with van der Waals surface area (Å²) in [6, 6.07) is 5.51. The maximum atomic E-state index is 11.5. The molecule has 1 aromatic carbocycles. The molecule has 0 saturated carbocycles. The summed E-state index contributed by atoms with van der Waals surface area (Å²) in [6.07, 6.45) is 1.07. The summed E-state index contributed by atoms with van der Waals surface area (Å²) in [6.45, 7) is 3.69. The van der Waals surface area contributed by atoms with Crippen molar-refractivity contribution in [1.29, 1.82) is 0 Å². The van der Waals surface area contributed by atoms with Gasteiger partial charge in [-0.3, -0.25) is 4.79 Å². The molecule has 1 aromatic rings. The molecule has 5 heteroatoms. The van der Waals surface area contributed by atoms with Crippen molar-refractivity contribution in [2.75, 3.05) is 20.0 Å². The summed E-state index contributed by atoms with van der Waals surface area (Å²) in [5.74, 6) is 1.22. The number of esters is 1. The van der Waals surface area contributed by atoms with E-state index < -0.39 is 0 Å². The molecule has 0 unspecified atom stereocenters. The highest BCUT2D eigenvalue weighted by Crippen LogP contribution is 2.32. The van der Waals surface area contributed by atoms with E-state index in [0.29, 0.717) is 31.8 Å². The summed E-state index contributed by atoms with van der Waals surface area (Å²) in [7, 11) is 0. The fraction of sp³-hybridized carbons (Fsp3) is 0.500. The van der Waals surface area contributed by atoms with Gasteiger partial charge in [-0.05, 0) is 31.0 Å². The fourth-order valence-electron chi connectivity index (χ4n) is 1.73. The predicted molar refractivity (Wildman–Crippen MR) is 68.1 cm³/mol. The van der Waals surface area contributed by atoms with Crippen molar-refractivity contribution in [2.45, 2.75) is 26.4 Å². The molecular formula is C14H18O5. The Bertz CT molecular complexity index is 430. The lowest BCUT2D eigenvalue weighted by atomic mass is 10.2. The van der Waals surface area contributed by atoms with Gasteiger partial charge in [0.1, 0.15) is 6.61 Å². The van der Waals surface area contributed by atoms with Gasteiger partial charge in [0.05, 0.1) is 0 Å². The molecule has 104 valence electrons. The predicted octanol–water partition coefficient (Wildman–Crippen LogP) is 2.28. The second-order valence-electron chi connectivity index (χ2n) is 4.15. The summed E-state index contributed by atoms with van der Waals surface area (Å²) in [5, 5.41) is 0. The average Bonchev–Trinajstić information content (AvgIpc) is 2.89. The number of carbonyl (C=O) groups excluding carboxylic acids is 1. The molecule has 1 heterocycles. The van der Waals surface area contributed by atoms with E-state index in [9.17, 15) is 4.79 Å². The van der Waals surface area contributed by atoms with Gasteiger partial charge in [0, 0.05) is 19.6 Å². The van der Waals surface area contributed by atoms with Gasteiger partial charge in [-0.2, -0.15) is 0 Å². The van der Waals surface area contributed by atoms with Gasteiger partial charge >= 0.3 is 5.97 Å². The SMILES string of the molecule is CCOCCCC(=O)OCc1ccc2c(c1)OCO2. The number of benzene rings is 1. The van der Waals surface area contributed by atoms with Crippen LogP contribution in [0.25, 0.3) is 0 Å². The molecule has 0 saturated heterocycles. The first-order chi connectivity index (χ1) is 9.29. The maximum absolute atomic E-state index is 11.5. The third-order valence-corrected chi connectivity index (χ3v) is 2.71. The zero-order valence-electron chi connectivity index (χ0n) is 11.0. The highest BCUT2D eigenvalue weighted by atomic mass is 16.7. The third-order valence-electron chi connectivity index (χ3n) is 2.71. The third kappa shape index (κ3) is 4.13. The molecule has 5 nitrogen and oxygen atoms in total. The summed E-state index contributed by atoms with van der Waals surface area (Å²) >= 11 is 0. The van der Waals surface area contributed by atoms with E-state index in [4.69, 9.17) is 18.9 Å². The van der Waals surface area contributed by atoms with Crippen LogP contribution < -0.4 is 9.47 Å². The Hall–Kier alpha value is -1.75. The smallest absolute Gasteiger partial charge is 0.306 e. The van der Waals surface area contributed by atoms with Gasteiger partial charge in [-0.15, -0.1) is 0 Å². The molecule has 2 rings (SSSR count). The van der Waals surface area contributed by atoms with Crippen LogP contribution in [0.4, 0.5) is 0 Å². The van der Waals surface area contributed by atoms with Crippen molar-refractivity contribution in [3.63, 3.8) is 0 Å². The van der Waals surface area contributed by atoms with Crippen molar-refractivity contribution in [2.24, 2.45) is 0 Å². The minimum Gasteiger partial charge on any atom is -0.461 e. The van der Waals surface area contributed by atoms with Gasteiger partial charge in [0.25, 0.3) is 0 Å². The monoisotopic (exact) mass is 266 g/mol. The van der Waals surface area contributed by atoms with Crippen LogP contribution in [0.15, 0.2) is 18.2 Å². The minimum absolute atomic E-state index is 0.211. The van der Waals surface area contributed by atoms with Crippen LogP contribution in [0.2, 0.25) is 0 Å². The second-order valence-corrected chi connectivity index (χ2v) is 4.15. The highest BCUT2D eigenvalue weighted by molar-refractivity contribution is 5.69. The number of carbonyl (C=O) groups is 1. The van der Waals surface area contributed by atoms with Gasteiger partial charge in [-0.25, -0.2) is 0 Å². The lowest BCUT2D eigenvalue weighted by Crippen LogP contribution is -2.06. The number of rotatable bonds is 7. The van der Waals surface area contributed by atoms with Gasteiger partial charge in [-0.1, -0.05) is 6.07 Å². The van der Waals surface area contributed by atoms with Crippen molar-refractivity contribution in [1.82, 2.24) is 0 Å². The molecule has 0 fully saturated rings. The van der Waals surface area contributed by atoms with E-state index in [-0.39, 0.29) is 19.4 Å². The van der Waals surface area contributed by atoms with E-state index in [1.54, 1.807) is 0 Å². The highest BCUT2D eigenvalue weighted by Gasteiger charge is 2.13. The molecule has 0 amide bonds. The van der Waals surface area contributed by atoms with E-state index in [1.807, 2.05) is 25.1 Å². The maximum Gasteiger partial charge on any atom is 0.306 e. The summed E-state index contributed by atoms with van der Waals surface area (Å²) in [5.41, 5.74) is 0.891. The van der Waals surface area contributed by atoms with Gasteiger partial charge in [0.2, 0.25) is 6.79 Å². The van der Waals surface area contributed by atoms with Crippen LogP contribution in [-0.2, 0) is 20.9 Å². The summed E-state index contributed by atoms with van der Waals surface area (Å²) in [4.78, 5) is 11.5. The van der Waals surface area contributed by atoms with Crippen molar-refractivity contribution in [3.8, 4) is 11.5 Å². The molecule has 0 atom stereocenters. The molecule has 0 bridgehead atoms. The molecular weight excluding hydrogens is 248 g/mol. The van der Waals surface area contributed by atoms with Crippen LogP contribution in [0.5, 0.6) is 11.5 Å². The Morgan fingerprint density at radius 3 is 3.00 bits per heavy atom. The number of fused-ring (bicyclic) bond motifs is 1. The Morgan fingerprint density at radius 1 is 1.32 bits per heavy atom.